The molecule has 32 heavy (non-hydrogen) atoms. The molecule has 0 heterocycles. The predicted molar refractivity (Wildman–Crippen MR) is 126 cm³/mol. The van der Waals surface area contributed by atoms with Crippen molar-refractivity contribution in [3.63, 3.8) is 0 Å². The van der Waals surface area contributed by atoms with Crippen molar-refractivity contribution in [1.82, 2.24) is 5.43 Å². The Hall–Kier alpha value is -3.36. The third-order valence-corrected chi connectivity index (χ3v) is 6.61. The second-order valence-corrected chi connectivity index (χ2v) is 9.12. The lowest BCUT2D eigenvalue weighted by Crippen LogP contribution is -2.39. The van der Waals surface area contributed by atoms with Gasteiger partial charge in [0.15, 0.2) is 0 Å². The van der Waals surface area contributed by atoms with Crippen molar-refractivity contribution in [3.8, 4) is 5.75 Å². The van der Waals surface area contributed by atoms with Crippen LogP contribution in [0.4, 0.5) is 5.69 Å². The number of hydrazone groups is 1. The maximum Gasteiger partial charge on any atom is 0.264 e. The lowest BCUT2D eigenvalue weighted by atomic mass is 10.1. The van der Waals surface area contributed by atoms with Crippen LogP contribution in [0.5, 0.6) is 5.75 Å². The van der Waals surface area contributed by atoms with Crippen LogP contribution in [0.25, 0.3) is 0 Å². The Morgan fingerprint density at radius 1 is 1.09 bits per heavy atom. The summed E-state index contributed by atoms with van der Waals surface area (Å²) in [7, 11) is -2.42. The Morgan fingerprint density at radius 3 is 2.44 bits per heavy atom. The van der Waals surface area contributed by atoms with Crippen LogP contribution >= 0.6 is 11.6 Å². The van der Waals surface area contributed by atoms with Crippen LogP contribution in [0.2, 0.25) is 5.02 Å². The summed E-state index contributed by atoms with van der Waals surface area (Å²) in [5, 5.41) is 4.39. The average Bonchev–Trinajstić information content (AvgIpc) is 2.80. The van der Waals surface area contributed by atoms with Gasteiger partial charge in [0.05, 0.1) is 23.9 Å². The Kier molecular flexibility index (Phi) is 7.50. The van der Waals surface area contributed by atoms with Crippen molar-refractivity contribution in [2.24, 2.45) is 5.10 Å². The lowest BCUT2D eigenvalue weighted by Gasteiger charge is -2.23. The van der Waals surface area contributed by atoms with E-state index in [9.17, 15) is 13.2 Å². The molecule has 3 rings (SSSR count). The molecule has 3 aromatic carbocycles. The van der Waals surface area contributed by atoms with Crippen LogP contribution in [0.1, 0.15) is 11.1 Å². The third-order valence-electron chi connectivity index (χ3n) is 4.57. The van der Waals surface area contributed by atoms with E-state index in [0.717, 1.165) is 15.4 Å². The van der Waals surface area contributed by atoms with Crippen LogP contribution in [0.15, 0.2) is 82.8 Å². The molecule has 0 aliphatic carbocycles. The van der Waals surface area contributed by atoms with Gasteiger partial charge in [-0.15, -0.1) is 0 Å². The molecule has 1 amide bonds. The second-order valence-electron chi connectivity index (χ2n) is 6.82. The number of halogens is 1. The molecule has 1 N–H and O–H groups in total. The van der Waals surface area contributed by atoms with E-state index in [-0.39, 0.29) is 4.90 Å². The third kappa shape index (κ3) is 5.66. The summed E-state index contributed by atoms with van der Waals surface area (Å²) in [5.74, 6) is 0.0953. The topological polar surface area (TPSA) is 88.1 Å². The molecule has 166 valence electrons. The number of sulfonamides is 1. The smallest absolute Gasteiger partial charge is 0.264 e. The number of amides is 1. The highest BCUT2D eigenvalue weighted by Crippen LogP contribution is 2.25. The Balaban J connectivity index is 1.80. The van der Waals surface area contributed by atoms with Crippen LogP contribution in [0, 0.1) is 6.92 Å². The van der Waals surface area contributed by atoms with Crippen LogP contribution in [-0.4, -0.2) is 34.2 Å². The number of ether oxygens (including phenoxy) is 1. The van der Waals surface area contributed by atoms with Gasteiger partial charge < -0.3 is 4.74 Å². The minimum atomic E-state index is -3.99. The van der Waals surface area contributed by atoms with Gasteiger partial charge >= 0.3 is 0 Å². The van der Waals surface area contributed by atoms with E-state index < -0.39 is 22.5 Å². The van der Waals surface area contributed by atoms with Gasteiger partial charge in [-0.1, -0.05) is 41.9 Å². The molecule has 0 aromatic heterocycles. The number of carbonyl (C=O) groups excluding carboxylic acids is 1. The number of aryl methyl sites for hydroxylation is 1. The van der Waals surface area contributed by atoms with Crippen LogP contribution in [0.3, 0.4) is 0 Å². The highest BCUT2D eigenvalue weighted by Gasteiger charge is 2.27. The molecular weight excluding hydrogens is 450 g/mol. The molecule has 7 nitrogen and oxygen atoms in total. The van der Waals surface area contributed by atoms with Gasteiger partial charge in [-0.2, -0.15) is 5.10 Å². The normalized spacial score (nSPS) is 11.3. The van der Waals surface area contributed by atoms with Crippen molar-refractivity contribution in [2.45, 2.75) is 11.8 Å². The fraction of sp³-hybridized carbons (Fsp3) is 0.130. The summed E-state index contributed by atoms with van der Waals surface area (Å²) >= 11 is 5.94. The molecular formula is C23H22ClN3O4S. The minimum absolute atomic E-state index is 0.0676. The van der Waals surface area contributed by atoms with Crippen molar-refractivity contribution in [1.29, 1.82) is 0 Å². The van der Waals surface area contributed by atoms with Gasteiger partial charge in [0, 0.05) is 5.02 Å². The number of benzene rings is 3. The predicted octanol–water partition coefficient (Wildman–Crippen LogP) is 4.00. The molecule has 0 atom stereocenters. The molecule has 3 aromatic rings. The molecule has 0 radical (unpaired) electrons. The van der Waals surface area contributed by atoms with Gasteiger partial charge in [0.2, 0.25) is 0 Å². The van der Waals surface area contributed by atoms with Gasteiger partial charge in [-0.05, 0) is 60.5 Å². The van der Waals surface area contributed by atoms with Crippen LogP contribution < -0.4 is 14.5 Å². The summed E-state index contributed by atoms with van der Waals surface area (Å²) in [6.07, 6.45) is 1.46. The zero-order chi connectivity index (χ0) is 23.1. The number of nitrogens with zero attached hydrogens (tertiary/aromatic N) is 2. The monoisotopic (exact) mass is 471 g/mol. The fourth-order valence-corrected chi connectivity index (χ4v) is 4.47. The number of methoxy groups -OCH3 is 1. The quantitative estimate of drug-likeness (QED) is 0.397. The standard InChI is InChI=1S/C23H22ClN3O4S/c1-17-8-9-18(14-22(17)31-2)15-25-26-23(28)16-27(20-12-10-19(24)11-13-20)32(29,30)21-6-4-3-5-7-21/h3-15H,16H2,1-2H3,(H,26,28)/b25-15+. The summed E-state index contributed by atoms with van der Waals surface area (Å²) in [6.45, 7) is 1.45. The number of rotatable bonds is 8. The second kappa shape index (κ2) is 10.3. The molecule has 0 spiro atoms. The van der Waals surface area contributed by atoms with Crippen molar-refractivity contribution >= 4 is 39.4 Å². The van der Waals surface area contributed by atoms with Crippen molar-refractivity contribution in [2.75, 3.05) is 18.0 Å². The summed E-state index contributed by atoms with van der Waals surface area (Å²) in [4.78, 5) is 12.6. The van der Waals surface area contributed by atoms with E-state index in [1.54, 1.807) is 43.5 Å². The largest absolute Gasteiger partial charge is 0.496 e. The van der Waals surface area contributed by atoms with E-state index in [1.807, 2.05) is 19.1 Å². The van der Waals surface area contributed by atoms with Gasteiger partial charge in [0.1, 0.15) is 12.3 Å². The van der Waals surface area contributed by atoms with Gasteiger partial charge in [0.25, 0.3) is 15.9 Å². The number of anilines is 1. The summed E-state index contributed by atoms with van der Waals surface area (Å²) in [6, 6.07) is 19.6. The van der Waals surface area contributed by atoms with Crippen LogP contribution in [-0.2, 0) is 14.8 Å². The molecule has 0 saturated heterocycles. The maximum atomic E-state index is 13.2. The van der Waals surface area contributed by atoms with E-state index in [4.69, 9.17) is 16.3 Å². The highest BCUT2D eigenvalue weighted by molar-refractivity contribution is 7.92. The van der Waals surface area contributed by atoms with E-state index in [2.05, 4.69) is 10.5 Å². The highest BCUT2D eigenvalue weighted by atomic mass is 35.5. The first-order valence-electron chi connectivity index (χ1n) is 9.61. The van der Waals surface area contributed by atoms with Crippen molar-refractivity contribution in [3.05, 3.63) is 88.9 Å². The van der Waals surface area contributed by atoms with E-state index in [0.29, 0.717) is 16.5 Å². The minimum Gasteiger partial charge on any atom is -0.496 e. The number of hydrogen-bond donors (Lipinski definition) is 1. The summed E-state index contributed by atoms with van der Waals surface area (Å²) in [5.41, 5.74) is 4.37. The molecule has 0 aliphatic rings. The Morgan fingerprint density at radius 2 is 1.78 bits per heavy atom. The zero-order valence-corrected chi connectivity index (χ0v) is 19.1. The molecule has 0 saturated carbocycles. The number of carbonyl (C=O) groups is 1. The average molecular weight is 472 g/mol. The van der Waals surface area contributed by atoms with Crippen molar-refractivity contribution < 1.29 is 17.9 Å². The Bertz CT molecular complexity index is 1210. The molecule has 0 fully saturated rings. The number of nitrogens with one attached hydrogen (secondary N) is 1. The zero-order valence-electron chi connectivity index (χ0n) is 17.5. The first-order valence-corrected chi connectivity index (χ1v) is 11.4. The maximum absolute atomic E-state index is 13.2. The molecule has 0 bridgehead atoms. The van der Waals surface area contributed by atoms with E-state index >= 15 is 0 Å². The van der Waals surface area contributed by atoms with Gasteiger partial charge in [-0.25, -0.2) is 13.8 Å². The lowest BCUT2D eigenvalue weighted by molar-refractivity contribution is -0.119. The van der Waals surface area contributed by atoms with Gasteiger partial charge in [-0.3, -0.25) is 9.10 Å². The summed E-state index contributed by atoms with van der Waals surface area (Å²) < 4.78 is 32.7. The fourth-order valence-electron chi connectivity index (χ4n) is 2.90. The first-order chi connectivity index (χ1) is 15.3. The molecule has 9 heteroatoms. The molecule has 0 aliphatic heterocycles. The number of hydrogen-bond acceptors (Lipinski definition) is 5. The Labute approximate surface area is 192 Å². The SMILES string of the molecule is COc1cc(/C=N/NC(=O)CN(c2ccc(Cl)cc2)S(=O)(=O)c2ccccc2)ccc1C. The first kappa shape index (κ1) is 23.3. The van der Waals surface area contributed by atoms with E-state index in [1.165, 1.54) is 30.5 Å². The molecule has 0 unspecified atom stereocenters.